The number of carbonyl (C=O) groups is 4. The van der Waals surface area contributed by atoms with Crippen molar-refractivity contribution in [1.29, 1.82) is 0 Å². The highest BCUT2D eigenvalue weighted by atomic mass is 32.2. The number of methoxy groups -OCH3 is 1. The second-order valence-corrected chi connectivity index (χ2v) is 7.94. The van der Waals surface area contributed by atoms with Gasteiger partial charge in [0, 0.05) is 13.1 Å². The number of thioether (sulfide) groups is 1. The fourth-order valence-electron chi connectivity index (χ4n) is 3.11. The lowest BCUT2D eigenvalue weighted by Crippen LogP contribution is -2.45. The number of hydrogen-bond acceptors (Lipinski definition) is 6. The van der Waals surface area contributed by atoms with E-state index in [9.17, 15) is 19.2 Å². The van der Waals surface area contributed by atoms with Crippen molar-refractivity contribution in [2.24, 2.45) is 5.92 Å². The van der Waals surface area contributed by atoms with E-state index in [1.165, 1.54) is 7.11 Å². The predicted octanol–water partition coefficient (Wildman–Crippen LogP) is 2.77. The fraction of sp³-hybridized carbons (Fsp3) is 0.400. The highest BCUT2D eigenvalue weighted by Crippen LogP contribution is 2.32. The van der Waals surface area contributed by atoms with E-state index < -0.39 is 17.1 Å². The topological polar surface area (TPSA) is 84.0 Å². The Hall–Kier alpha value is -2.61. The summed E-state index contributed by atoms with van der Waals surface area (Å²) in [6, 6.07) is 6.51. The van der Waals surface area contributed by atoms with Crippen LogP contribution in [0.2, 0.25) is 0 Å². The molecule has 28 heavy (non-hydrogen) atoms. The largest absolute Gasteiger partial charge is 0.465 e. The average molecular weight is 402 g/mol. The lowest BCUT2D eigenvalue weighted by atomic mass is 9.99. The van der Waals surface area contributed by atoms with Crippen molar-refractivity contribution in [2.45, 2.75) is 19.8 Å². The smallest absolute Gasteiger partial charge is 0.337 e. The van der Waals surface area contributed by atoms with Crippen LogP contribution in [0.3, 0.4) is 0 Å². The molecule has 0 aromatic heterocycles. The summed E-state index contributed by atoms with van der Waals surface area (Å²) in [5, 5.41) is -0.443. The van der Waals surface area contributed by atoms with Gasteiger partial charge in [-0.05, 0) is 54.3 Å². The zero-order valence-electron chi connectivity index (χ0n) is 15.8. The average Bonchev–Trinajstić information content (AvgIpc) is 2.95. The number of carbonyl (C=O) groups excluding carboxylic acids is 4. The number of amides is 3. The third-order valence-electron chi connectivity index (χ3n) is 4.93. The maximum atomic E-state index is 12.6. The number of rotatable bonds is 4. The molecule has 2 aliphatic heterocycles. The van der Waals surface area contributed by atoms with Gasteiger partial charge in [0.25, 0.3) is 11.1 Å². The lowest BCUT2D eigenvalue weighted by molar-refractivity contribution is -0.136. The van der Waals surface area contributed by atoms with Gasteiger partial charge in [-0.15, -0.1) is 0 Å². The van der Waals surface area contributed by atoms with E-state index in [0.29, 0.717) is 30.1 Å². The van der Waals surface area contributed by atoms with Gasteiger partial charge in [0.05, 0.1) is 17.6 Å². The Kier molecular flexibility index (Phi) is 6.18. The molecular formula is C20H22N2O5S. The summed E-state index contributed by atoms with van der Waals surface area (Å²) in [6.45, 7) is 3.26. The van der Waals surface area contributed by atoms with Gasteiger partial charge in [-0.3, -0.25) is 19.3 Å². The first-order valence-corrected chi connectivity index (χ1v) is 9.92. The number of esters is 1. The molecule has 1 aromatic rings. The van der Waals surface area contributed by atoms with Crippen LogP contribution in [0.25, 0.3) is 6.08 Å². The van der Waals surface area contributed by atoms with Crippen molar-refractivity contribution >= 4 is 40.9 Å². The van der Waals surface area contributed by atoms with Crippen molar-refractivity contribution in [1.82, 2.24) is 9.80 Å². The molecule has 7 nitrogen and oxygen atoms in total. The van der Waals surface area contributed by atoms with Gasteiger partial charge in [0.1, 0.15) is 6.54 Å². The molecule has 0 unspecified atom stereocenters. The number of nitrogens with zero attached hydrogens (tertiary/aromatic N) is 2. The van der Waals surface area contributed by atoms with E-state index in [1.54, 1.807) is 35.2 Å². The molecule has 0 N–H and O–H groups in total. The Labute approximate surface area is 167 Å². The summed E-state index contributed by atoms with van der Waals surface area (Å²) >= 11 is 0.817. The van der Waals surface area contributed by atoms with Crippen molar-refractivity contribution in [3.05, 3.63) is 40.3 Å². The van der Waals surface area contributed by atoms with Crippen LogP contribution < -0.4 is 0 Å². The van der Waals surface area contributed by atoms with Gasteiger partial charge in [-0.1, -0.05) is 19.1 Å². The number of imide groups is 1. The van der Waals surface area contributed by atoms with Gasteiger partial charge in [0.15, 0.2) is 0 Å². The van der Waals surface area contributed by atoms with Crippen molar-refractivity contribution < 1.29 is 23.9 Å². The molecule has 2 heterocycles. The van der Waals surface area contributed by atoms with E-state index in [4.69, 9.17) is 0 Å². The highest BCUT2D eigenvalue weighted by Gasteiger charge is 2.37. The van der Waals surface area contributed by atoms with Crippen molar-refractivity contribution in [2.75, 3.05) is 26.7 Å². The monoisotopic (exact) mass is 402 g/mol. The third kappa shape index (κ3) is 4.44. The van der Waals surface area contributed by atoms with Gasteiger partial charge in [0.2, 0.25) is 5.91 Å². The summed E-state index contributed by atoms with van der Waals surface area (Å²) in [5.41, 5.74) is 1.07. The molecule has 3 rings (SSSR count). The molecule has 2 aliphatic rings. The summed E-state index contributed by atoms with van der Waals surface area (Å²) < 4.78 is 4.65. The fourth-order valence-corrected chi connectivity index (χ4v) is 3.95. The Morgan fingerprint density at radius 2 is 1.82 bits per heavy atom. The standard InChI is InChI=1S/C20H22N2O5S/c1-13-7-9-21(10-8-13)17(23)12-22-18(24)16(28-20(22)26)11-14-3-5-15(6-4-14)19(25)27-2/h3-6,11,13H,7-10,12H2,1-2H3/b16-11+. The zero-order valence-corrected chi connectivity index (χ0v) is 16.7. The Morgan fingerprint density at radius 3 is 2.43 bits per heavy atom. The van der Waals surface area contributed by atoms with Crippen LogP contribution in [0, 0.1) is 5.92 Å². The Morgan fingerprint density at radius 1 is 1.18 bits per heavy atom. The minimum Gasteiger partial charge on any atom is -0.465 e. The number of ether oxygens (including phenoxy) is 1. The minimum atomic E-state index is -0.467. The van der Waals surface area contributed by atoms with E-state index in [1.807, 2.05) is 0 Å². The SMILES string of the molecule is COC(=O)c1ccc(/C=C2/SC(=O)N(CC(=O)N3CCC(C)CC3)C2=O)cc1. The van der Waals surface area contributed by atoms with Crippen molar-refractivity contribution in [3.8, 4) is 0 Å². The number of likely N-dealkylation sites (tertiary alicyclic amines) is 1. The molecule has 0 saturated carbocycles. The van der Waals surface area contributed by atoms with Gasteiger partial charge in [-0.25, -0.2) is 4.79 Å². The molecule has 0 bridgehead atoms. The molecule has 2 saturated heterocycles. The molecule has 0 atom stereocenters. The summed E-state index contributed by atoms with van der Waals surface area (Å²) in [6.07, 6.45) is 3.46. The molecule has 8 heteroatoms. The molecular weight excluding hydrogens is 380 g/mol. The van der Waals surface area contributed by atoms with Crippen LogP contribution in [0.5, 0.6) is 0 Å². The maximum absolute atomic E-state index is 12.6. The van der Waals surface area contributed by atoms with Crippen LogP contribution in [-0.4, -0.2) is 59.6 Å². The lowest BCUT2D eigenvalue weighted by Gasteiger charge is -2.31. The van der Waals surface area contributed by atoms with Gasteiger partial charge < -0.3 is 9.64 Å². The highest BCUT2D eigenvalue weighted by molar-refractivity contribution is 8.18. The normalized spacial score (nSPS) is 19.4. The van der Waals surface area contributed by atoms with E-state index in [2.05, 4.69) is 11.7 Å². The predicted molar refractivity (Wildman–Crippen MR) is 105 cm³/mol. The van der Waals surface area contributed by atoms with E-state index >= 15 is 0 Å². The van der Waals surface area contributed by atoms with Crippen LogP contribution >= 0.6 is 11.8 Å². The van der Waals surface area contributed by atoms with Crippen LogP contribution in [0.15, 0.2) is 29.2 Å². The molecule has 1 aromatic carbocycles. The van der Waals surface area contributed by atoms with Crippen LogP contribution in [0.4, 0.5) is 4.79 Å². The first-order valence-electron chi connectivity index (χ1n) is 9.10. The summed E-state index contributed by atoms with van der Waals surface area (Å²) in [4.78, 5) is 51.7. The molecule has 3 amide bonds. The van der Waals surface area contributed by atoms with Crippen LogP contribution in [-0.2, 0) is 14.3 Å². The second kappa shape index (κ2) is 8.60. The molecule has 148 valence electrons. The van der Waals surface area contributed by atoms with Crippen LogP contribution in [0.1, 0.15) is 35.7 Å². The number of benzene rings is 1. The number of hydrogen-bond donors (Lipinski definition) is 0. The second-order valence-electron chi connectivity index (χ2n) is 6.94. The van der Waals surface area contributed by atoms with Gasteiger partial charge >= 0.3 is 5.97 Å². The molecule has 0 spiro atoms. The quantitative estimate of drug-likeness (QED) is 0.569. The van der Waals surface area contributed by atoms with E-state index in [-0.39, 0.29) is 17.4 Å². The van der Waals surface area contributed by atoms with Crippen molar-refractivity contribution in [3.63, 3.8) is 0 Å². The minimum absolute atomic E-state index is 0.196. The number of piperidine rings is 1. The zero-order chi connectivity index (χ0) is 20.3. The van der Waals surface area contributed by atoms with Gasteiger partial charge in [-0.2, -0.15) is 0 Å². The van der Waals surface area contributed by atoms with E-state index in [0.717, 1.165) is 29.5 Å². The molecule has 2 fully saturated rings. The molecule has 0 radical (unpaired) electrons. The Bertz CT molecular complexity index is 826. The Balaban J connectivity index is 1.66. The maximum Gasteiger partial charge on any atom is 0.337 e. The third-order valence-corrected chi connectivity index (χ3v) is 5.84. The summed E-state index contributed by atoms with van der Waals surface area (Å²) in [5.74, 6) is -0.518. The summed E-state index contributed by atoms with van der Waals surface area (Å²) in [7, 11) is 1.30. The first-order chi connectivity index (χ1) is 13.4. The molecule has 0 aliphatic carbocycles. The first kappa shape index (κ1) is 20.1.